The van der Waals surface area contributed by atoms with E-state index in [-0.39, 0.29) is 5.34 Å². The fraction of sp³-hybridized carbons (Fsp3) is 0.333. The van der Waals surface area contributed by atoms with Gasteiger partial charge in [0.2, 0.25) is 0 Å². The number of hydrogen-bond acceptors (Lipinski definition) is 2. The maximum Gasteiger partial charge on any atom is 0.304 e. The first-order valence-corrected chi connectivity index (χ1v) is 3.40. The van der Waals surface area contributed by atoms with Crippen LogP contribution in [0.4, 0.5) is 0 Å². The second-order valence-electron chi connectivity index (χ2n) is 0.648. The lowest BCUT2D eigenvalue weighted by Gasteiger charge is -1.67. The average Bonchev–Trinajstić information content (AvgIpc) is 1.68. The quantitative estimate of drug-likeness (QED) is 0.378. The van der Waals surface area contributed by atoms with Crippen LogP contribution >= 0.6 is 46.4 Å². The summed E-state index contributed by atoms with van der Waals surface area (Å²) in [6.45, 7) is 0. The molecule has 0 fully saturated rings. The van der Waals surface area contributed by atoms with Crippen LogP contribution in [0.1, 0.15) is 0 Å². The molecule has 0 bridgehead atoms. The van der Waals surface area contributed by atoms with Gasteiger partial charge in [-0.3, -0.25) is 9.59 Å². The van der Waals surface area contributed by atoms with Crippen molar-refractivity contribution in [1.82, 2.24) is 0 Å². The fourth-order valence-corrected chi connectivity index (χ4v) is 0. The molecule has 0 N–H and O–H groups in total. The lowest BCUT2D eigenvalue weighted by atomic mass is 10.9. The minimum absolute atomic E-state index is 0.194. The summed E-state index contributed by atoms with van der Waals surface area (Å²) in [5, 5.41) is -2.09. The molecule has 0 spiro atoms. The Bertz CT molecular complexity index is 90.0. The SMILES string of the molecule is ClCCl.O=C(Cl)C(=O)Cl. The molecule has 0 aliphatic carbocycles. The van der Waals surface area contributed by atoms with Gasteiger partial charge in [0.25, 0.3) is 0 Å². The Labute approximate surface area is 72.0 Å². The molecule has 0 rings (SSSR count). The van der Waals surface area contributed by atoms with E-state index in [9.17, 15) is 9.59 Å². The van der Waals surface area contributed by atoms with Gasteiger partial charge >= 0.3 is 10.5 Å². The molecule has 6 heteroatoms. The van der Waals surface area contributed by atoms with E-state index in [1.54, 1.807) is 0 Å². The highest BCUT2D eigenvalue weighted by Gasteiger charge is 2.01. The predicted octanol–water partition coefficient (Wildman–Crippen LogP) is 1.94. The first-order chi connectivity index (χ1) is 4.06. The van der Waals surface area contributed by atoms with Crippen molar-refractivity contribution in [3.05, 3.63) is 0 Å². The average molecular weight is 212 g/mol. The Hall–Kier alpha value is 0.500. The molecule has 0 unspecified atom stereocenters. The minimum Gasteiger partial charge on any atom is -0.271 e. The molecule has 0 radical (unpaired) electrons. The van der Waals surface area contributed by atoms with E-state index >= 15 is 0 Å². The molecule has 2 nitrogen and oxygen atoms in total. The van der Waals surface area contributed by atoms with Crippen LogP contribution in [0.3, 0.4) is 0 Å². The van der Waals surface area contributed by atoms with Gasteiger partial charge in [0.15, 0.2) is 0 Å². The van der Waals surface area contributed by atoms with Gasteiger partial charge < -0.3 is 0 Å². The van der Waals surface area contributed by atoms with E-state index in [1.165, 1.54) is 0 Å². The Kier molecular flexibility index (Phi) is 11.5. The maximum atomic E-state index is 9.43. The van der Waals surface area contributed by atoms with Crippen LogP contribution in [0.2, 0.25) is 0 Å². The van der Waals surface area contributed by atoms with Gasteiger partial charge in [-0.05, 0) is 23.2 Å². The Balaban J connectivity index is 0. The molecule has 0 aliphatic rings. The predicted molar refractivity (Wildman–Crippen MR) is 38.3 cm³/mol. The van der Waals surface area contributed by atoms with E-state index in [4.69, 9.17) is 23.2 Å². The highest BCUT2D eigenvalue weighted by atomic mass is 35.5. The third-order valence-electron chi connectivity index (χ3n) is 0.155. The van der Waals surface area contributed by atoms with Gasteiger partial charge in [-0.2, -0.15) is 0 Å². The van der Waals surface area contributed by atoms with Crippen molar-refractivity contribution in [2.24, 2.45) is 0 Å². The van der Waals surface area contributed by atoms with Crippen LogP contribution in [0, 0.1) is 0 Å². The molecule has 0 heterocycles. The first kappa shape index (κ1) is 12.2. The maximum absolute atomic E-state index is 9.43. The number of halogens is 4. The van der Waals surface area contributed by atoms with Crippen LogP contribution in [-0.4, -0.2) is 15.8 Å². The van der Waals surface area contributed by atoms with Gasteiger partial charge in [-0.1, -0.05) is 0 Å². The summed E-state index contributed by atoms with van der Waals surface area (Å²) < 4.78 is 0. The van der Waals surface area contributed by atoms with Crippen molar-refractivity contribution in [3.63, 3.8) is 0 Å². The molecule has 0 atom stereocenters. The van der Waals surface area contributed by atoms with E-state index < -0.39 is 10.5 Å². The molecule has 0 aromatic carbocycles. The minimum atomic E-state index is -1.14. The van der Waals surface area contributed by atoms with Crippen molar-refractivity contribution in [1.29, 1.82) is 0 Å². The lowest BCUT2D eigenvalue weighted by molar-refractivity contribution is -0.127. The summed E-state index contributed by atoms with van der Waals surface area (Å²) in [6, 6.07) is 0. The number of rotatable bonds is 1. The van der Waals surface area contributed by atoms with Crippen LogP contribution in [0.25, 0.3) is 0 Å². The fourth-order valence-electron chi connectivity index (χ4n) is 0. The van der Waals surface area contributed by atoms with Gasteiger partial charge in [0.05, 0.1) is 5.34 Å². The molecule has 0 aromatic heterocycles. The van der Waals surface area contributed by atoms with Crippen molar-refractivity contribution in [2.45, 2.75) is 0 Å². The molecule has 0 saturated heterocycles. The van der Waals surface area contributed by atoms with Gasteiger partial charge in [0.1, 0.15) is 0 Å². The first-order valence-electron chi connectivity index (χ1n) is 1.57. The van der Waals surface area contributed by atoms with Crippen LogP contribution in [0.15, 0.2) is 0 Å². The summed E-state index contributed by atoms with van der Waals surface area (Å²) in [5.41, 5.74) is 0. The Morgan fingerprint density at radius 3 is 1.11 bits per heavy atom. The third-order valence-corrected chi connectivity index (χ3v) is 0.595. The molecule has 0 amide bonds. The highest BCUT2D eigenvalue weighted by Crippen LogP contribution is 1.84. The molecular formula is C3H2Cl4O2. The highest BCUT2D eigenvalue weighted by molar-refractivity contribution is 6.97. The van der Waals surface area contributed by atoms with Crippen molar-refractivity contribution in [2.75, 3.05) is 5.34 Å². The Morgan fingerprint density at radius 1 is 1.00 bits per heavy atom. The van der Waals surface area contributed by atoms with Crippen molar-refractivity contribution >= 4 is 56.9 Å². The summed E-state index contributed by atoms with van der Waals surface area (Å²) in [6.07, 6.45) is 0. The van der Waals surface area contributed by atoms with Gasteiger partial charge in [-0.25, -0.2) is 0 Å². The zero-order valence-corrected chi connectivity index (χ0v) is 7.06. The number of carbonyl (C=O) groups is 2. The third kappa shape index (κ3) is 17.7. The second kappa shape index (κ2) is 8.50. The number of carbonyl (C=O) groups excluding carboxylic acids is 2. The standard InChI is InChI=1S/C2Cl2O2.CH2Cl2/c3-1(5)2(4)6;2-1-3/h;1H2. The molecule has 0 aromatic rings. The summed E-state index contributed by atoms with van der Waals surface area (Å²) in [7, 11) is 0. The summed E-state index contributed by atoms with van der Waals surface area (Å²) in [4.78, 5) is 18.9. The molecule has 9 heavy (non-hydrogen) atoms. The summed E-state index contributed by atoms with van der Waals surface area (Å²) >= 11 is 18.5. The van der Waals surface area contributed by atoms with Crippen LogP contribution in [0.5, 0.6) is 0 Å². The molecule has 54 valence electrons. The monoisotopic (exact) mass is 210 g/mol. The number of alkyl halides is 2. The molecular weight excluding hydrogens is 210 g/mol. The van der Waals surface area contributed by atoms with Gasteiger partial charge in [-0.15, -0.1) is 23.2 Å². The van der Waals surface area contributed by atoms with Crippen LogP contribution < -0.4 is 0 Å². The van der Waals surface area contributed by atoms with E-state index in [2.05, 4.69) is 23.2 Å². The molecule has 0 saturated carbocycles. The van der Waals surface area contributed by atoms with Crippen LogP contribution in [-0.2, 0) is 9.59 Å². The smallest absolute Gasteiger partial charge is 0.271 e. The lowest BCUT2D eigenvalue weighted by Crippen LogP contribution is -1.94. The van der Waals surface area contributed by atoms with Crippen molar-refractivity contribution in [3.8, 4) is 0 Å². The topological polar surface area (TPSA) is 34.1 Å². The Morgan fingerprint density at radius 2 is 1.11 bits per heavy atom. The molecule has 0 aliphatic heterocycles. The van der Waals surface area contributed by atoms with E-state index in [0.29, 0.717) is 0 Å². The van der Waals surface area contributed by atoms with Gasteiger partial charge in [0, 0.05) is 0 Å². The van der Waals surface area contributed by atoms with E-state index in [1.807, 2.05) is 0 Å². The van der Waals surface area contributed by atoms with Crippen molar-refractivity contribution < 1.29 is 9.59 Å². The summed E-state index contributed by atoms with van der Waals surface area (Å²) in [5.74, 6) is 0. The second-order valence-corrected chi connectivity index (χ2v) is 2.14. The van der Waals surface area contributed by atoms with E-state index in [0.717, 1.165) is 0 Å². The largest absolute Gasteiger partial charge is 0.304 e. The zero-order chi connectivity index (χ0) is 7.86. The number of hydrogen-bond donors (Lipinski definition) is 0. The normalized spacial score (nSPS) is 7.11. The zero-order valence-electron chi connectivity index (χ0n) is 4.04.